The maximum absolute atomic E-state index is 3.12. The predicted octanol–water partition coefficient (Wildman–Crippen LogP) is 4.23. The Labute approximate surface area is 120 Å². The Kier molecular flexibility index (Phi) is 17.0. The molecule has 0 aliphatic heterocycles. The molecule has 0 saturated heterocycles. The molecule has 2 aliphatic carbocycles. The van der Waals surface area contributed by atoms with Gasteiger partial charge in [0.05, 0.1) is 0 Å². The molecule has 0 radical (unpaired) electrons. The van der Waals surface area contributed by atoms with Gasteiger partial charge >= 0.3 is 21.7 Å². The van der Waals surface area contributed by atoms with E-state index in [0.29, 0.717) is 0 Å². The molecule has 2 aliphatic rings. The minimum Gasteiger partial charge on any atom is -0.273 e. The van der Waals surface area contributed by atoms with Crippen molar-refractivity contribution in [2.45, 2.75) is 26.7 Å². The van der Waals surface area contributed by atoms with Crippen molar-refractivity contribution in [3.63, 3.8) is 0 Å². The number of rotatable bonds is 0. The first-order valence-corrected chi connectivity index (χ1v) is 4.25. The van der Waals surface area contributed by atoms with Crippen LogP contribution in [0.3, 0.4) is 0 Å². The van der Waals surface area contributed by atoms with E-state index >= 15 is 0 Å². The summed E-state index contributed by atoms with van der Waals surface area (Å²) in [5.74, 6) is 0. The van der Waals surface area contributed by atoms with Crippen molar-refractivity contribution in [1.82, 2.24) is 0 Å². The van der Waals surface area contributed by atoms with Crippen molar-refractivity contribution in [2.75, 3.05) is 0 Å². The zero-order chi connectivity index (χ0) is 8.81. The summed E-state index contributed by atoms with van der Waals surface area (Å²) in [5, 5.41) is 0. The molecule has 0 unspecified atom stereocenters. The molecule has 0 N–H and O–H groups in total. The monoisotopic (exact) mass is 278 g/mol. The fraction of sp³-hybridized carbons (Fsp3) is 0.333. The van der Waals surface area contributed by atoms with E-state index in [1.165, 1.54) is 11.1 Å². The van der Waals surface area contributed by atoms with Gasteiger partial charge in [0.25, 0.3) is 0 Å². The molecule has 2 rings (SSSR count). The average molecular weight is 279 g/mol. The third-order valence-electron chi connectivity index (χ3n) is 1.94. The molecule has 0 heterocycles. The van der Waals surface area contributed by atoms with Crippen molar-refractivity contribution in [2.24, 2.45) is 0 Å². The van der Waals surface area contributed by atoms with Crippen molar-refractivity contribution < 1.29 is 21.7 Å². The molecule has 0 aromatic heterocycles. The van der Waals surface area contributed by atoms with Gasteiger partial charge in [0, 0.05) is 0 Å². The molecule has 0 aromatic carbocycles. The molecule has 0 saturated carbocycles. The van der Waals surface area contributed by atoms with E-state index in [0.717, 1.165) is 12.8 Å². The van der Waals surface area contributed by atoms with Crippen LogP contribution in [0.2, 0.25) is 0 Å². The topological polar surface area (TPSA) is 0 Å². The van der Waals surface area contributed by atoms with Gasteiger partial charge in [-0.05, 0) is 0 Å². The van der Waals surface area contributed by atoms with E-state index < -0.39 is 0 Å². The van der Waals surface area contributed by atoms with Crippen LogP contribution in [0.1, 0.15) is 26.7 Å². The molecule has 0 spiro atoms. The predicted molar refractivity (Wildman–Crippen MR) is 66.9 cm³/mol. The third-order valence-corrected chi connectivity index (χ3v) is 1.94. The van der Waals surface area contributed by atoms with Gasteiger partial charge in [-0.25, -0.2) is 23.8 Å². The summed E-state index contributed by atoms with van der Waals surface area (Å²) in [7, 11) is 0. The van der Waals surface area contributed by atoms with Crippen LogP contribution in [0.4, 0.5) is 0 Å². The minimum atomic E-state index is 0. The van der Waals surface area contributed by atoms with Crippen LogP contribution >= 0.6 is 24.8 Å². The number of halogens is 2. The first kappa shape index (κ1) is 20.6. The second-order valence-electron chi connectivity index (χ2n) is 2.99. The van der Waals surface area contributed by atoms with Gasteiger partial charge in [-0.2, -0.15) is 11.6 Å². The molecule has 82 valence electrons. The fourth-order valence-corrected chi connectivity index (χ4v) is 0.960. The zero-order valence-electron chi connectivity index (χ0n) is 9.04. The smallest absolute Gasteiger partial charge is 0.273 e. The molecule has 3 heteroatoms. The second-order valence-corrected chi connectivity index (χ2v) is 2.99. The quantitative estimate of drug-likeness (QED) is 0.459. The van der Waals surface area contributed by atoms with Crippen molar-refractivity contribution in [3.05, 3.63) is 47.6 Å². The van der Waals surface area contributed by atoms with Crippen molar-refractivity contribution in [1.29, 1.82) is 0 Å². The van der Waals surface area contributed by atoms with Crippen LogP contribution in [0.15, 0.2) is 35.5 Å². The Morgan fingerprint density at radius 3 is 1.93 bits per heavy atom. The number of hydrogen-bond donors (Lipinski definition) is 0. The Morgan fingerprint density at radius 2 is 1.80 bits per heavy atom. The van der Waals surface area contributed by atoms with E-state index in [1.807, 2.05) is 12.2 Å². The van der Waals surface area contributed by atoms with Gasteiger partial charge in [0.1, 0.15) is 0 Å². The Balaban J connectivity index is -0.000000165. The van der Waals surface area contributed by atoms with Crippen LogP contribution in [0, 0.1) is 12.2 Å². The van der Waals surface area contributed by atoms with E-state index in [2.05, 4.69) is 38.2 Å². The molecule has 0 aromatic rings. The van der Waals surface area contributed by atoms with E-state index in [1.54, 1.807) is 0 Å². The summed E-state index contributed by atoms with van der Waals surface area (Å²) >= 11 is 0. The van der Waals surface area contributed by atoms with Gasteiger partial charge in [-0.3, -0.25) is 12.2 Å². The number of hydrogen-bond acceptors (Lipinski definition) is 0. The summed E-state index contributed by atoms with van der Waals surface area (Å²) in [6.45, 7) is 4.27. The molecule has 0 bridgehead atoms. The molecule has 0 amide bonds. The van der Waals surface area contributed by atoms with Crippen LogP contribution in [-0.4, -0.2) is 0 Å². The van der Waals surface area contributed by atoms with E-state index in [4.69, 9.17) is 0 Å². The minimum absolute atomic E-state index is 0. The second kappa shape index (κ2) is 12.3. The van der Waals surface area contributed by atoms with Gasteiger partial charge in [-0.1, -0.05) is 6.92 Å². The summed E-state index contributed by atoms with van der Waals surface area (Å²) in [6, 6.07) is 0. The molecule has 0 fully saturated rings. The maximum atomic E-state index is 3.12. The summed E-state index contributed by atoms with van der Waals surface area (Å²) < 4.78 is 0. The molecular weight excluding hydrogens is 263 g/mol. The van der Waals surface area contributed by atoms with Crippen molar-refractivity contribution >= 4 is 24.8 Å². The fourth-order valence-electron chi connectivity index (χ4n) is 0.960. The summed E-state index contributed by atoms with van der Waals surface area (Å²) in [4.78, 5) is 0. The largest absolute Gasteiger partial charge is 2.00 e. The molecular formula is C12H16Cl2Ti. The molecule has 15 heavy (non-hydrogen) atoms. The van der Waals surface area contributed by atoms with Crippen LogP contribution in [-0.2, 0) is 21.7 Å². The summed E-state index contributed by atoms with van der Waals surface area (Å²) in [5.41, 5.74) is 2.85. The van der Waals surface area contributed by atoms with E-state index in [-0.39, 0.29) is 46.5 Å². The molecule has 0 atom stereocenters. The standard InChI is InChI=1S/C7H9.C5H5.2ClH.Ti/c1-6-4-3-5-7(6)2;1-2-4-5-3-1;;;/h4H,5H2,1-2H3;1-3H,4H2;2*1H;/q2*-1;;;+2. The van der Waals surface area contributed by atoms with Crippen LogP contribution < -0.4 is 0 Å². The summed E-state index contributed by atoms with van der Waals surface area (Å²) in [6.07, 6.45) is 16.2. The van der Waals surface area contributed by atoms with Gasteiger partial charge in [0.15, 0.2) is 0 Å². The van der Waals surface area contributed by atoms with Crippen LogP contribution in [0.5, 0.6) is 0 Å². The molecule has 0 nitrogen and oxygen atoms in total. The SMILES string of the molecule is CC1=C(C)C[C-]=C1.Cl.Cl.[C-]1=CC=CC1.[Ti+2]. The first-order chi connectivity index (χ1) is 5.80. The van der Waals surface area contributed by atoms with Gasteiger partial charge < -0.3 is 0 Å². The maximum Gasteiger partial charge on any atom is 2.00 e. The average Bonchev–Trinajstić information content (AvgIpc) is 2.67. The Hall–Kier alpha value is 0.254. The van der Waals surface area contributed by atoms with Gasteiger partial charge in [0.2, 0.25) is 0 Å². The normalized spacial score (nSPS) is 14.8. The Bertz CT molecular complexity index is 253. The van der Waals surface area contributed by atoms with Gasteiger partial charge in [-0.15, -0.1) is 44.6 Å². The Morgan fingerprint density at radius 1 is 1.13 bits per heavy atom. The number of allylic oxidation sites excluding steroid dienone is 8. The zero-order valence-corrected chi connectivity index (χ0v) is 12.2. The third kappa shape index (κ3) is 9.20. The van der Waals surface area contributed by atoms with E-state index in [9.17, 15) is 0 Å². The van der Waals surface area contributed by atoms with Crippen molar-refractivity contribution in [3.8, 4) is 0 Å². The van der Waals surface area contributed by atoms with Crippen LogP contribution in [0.25, 0.3) is 0 Å². The first-order valence-electron chi connectivity index (χ1n) is 4.25.